The summed E-state index contributed by atoms with van der Waals surface area (Å²) in [6, 6.07) is 13.7. The molecule has 30 heavy (non-hydrogen) atoms. The number of carbonyl (C=O) groups excluding carboxylic acids is 2. The van der Waals surface area contributed by atoms with E-state index in [0.29, 0.717) is 19.7 Å². The SMILES string of the molecule is C=CCOc1ccc(C[NH+](C)CC(=O)N(C)CC(=O)Nc2c(C)cccc2C)cc1. The predicted octanol–water partition coefficient (Wildman–Crippen LogP) is 1.98. The van der Waals surface area contributed by atoms with Crippen LogP contribution >= 0.6 is 0 Å². The van der Waals surface area contributed by atoms with Crippen LogP contribution in [0.1, 0.15) is 16.7 Å². The summed E-state index contributed by atoms with van der Waals surface area (Å²) in [4.78, 5) is 27.4. The standard InChI is InChI=1S/C24H31N3O3/c1-6-14-30-21-12-10-20(11-13-21)15-26(4)17-23(29)27(5)16-22(28)25-24-18(2)8-7-9-19(24)3/h6-13H,1,14-17H2,2-5H3,(H,25,28)/p+1. The van der Waals surface area contributed by atoms with Crippen LogP contribution in [0.4, 0.5) is 5.69 Å². The Kier molecular flexibility index (Phi) is 8.62. The fourth-order valence-electron chi connectivity index (χ4n) is 3.16. The summed E-state index contributed by atoms with van der Waals surface area (Å²) in [5, 5.41) is 2.92. The largest absolute Gasteiger partial charge is 0.490 e. The topological polar surface area (TPSA) is 63.1 Å². The molecule has 6 heteroatoms. The van der Waals surface area contributed by atoms with Crippen LogP contribution in [-0.2, 0) is 16.1 Å². The molecule has 2 N–H and O–H groups in total. The number of nitrogens with one attached hydrogen (secondary N) is 2. The van der Waals surface area contributed by atoms with Gasteiger partial charge in [-0.3, -0.25) is 9.59 Å². The van der Waals surface area contributed by atoms with Gasteiger partial charge < -0.3 is 19.9 Å². The van der Waals surface area contributed by atoms with E-state index in [4.69, 9.17) is 4.74 Å². The monoisotopic (exact) mass is 410 g/mol. The second kappa shape index (κ2) is 11.2. The number of hydrogen-bond donors (Lipinski definition) is 2. The van der Waals surface area contributed by atoms with Crippen LogP contribution in [0.5, 0.6) is 5.75 Å². The third-order valence-electron chi connectivity index (χ3n) is 4.80. The molecule has 0 aliphatic heterocycles. The Balaban J connectivity index is 1.82. The summed E-state index contributed by atoms with van der Waals surface area (Å²) in [5.74, 6) is 0.521. The average molecular weight is 411 g/mol. The molecule has 1 unspecified atom stereocenters. The maximum Gasteiger partial charge on any atom is 0.277 e. The number of aryl methyl sites for hydroxylation is 2. The smallest absolute Gasteiger partial charge is 0.277 e. The minimum absolute atomic E-state index is 0.0230. The highest BCUT2D eigenvalue weighted by atomic mass is 16.5. The molecule has 6 nitrogen and oxygen atoms in total. The average Bonchev–Trinajstić information content (AvgIpc) is 2.70. The van der Waals surface area contributed by atoms with E-state index in [1.165, 1.54) is 4.90 Å². The Morgan fingerprint density at radius 3 is 2.37 bits per heavy atom. The molecular weight excluding hydrogens is 378 g/mol. The van der Waals surface area contributed by atoms with Gasteiger partial charge in [-0.15, -0.1) is 0 Å². The lowest BCUT2D eigenvalue weighted by atomic mass is 10.1. The van der Waals surface area contributed by atoms with Gasteiger partial charge in [-0.05, 0) is 49.2 Å². The van der Waals surface area contributed by atoms with Crippen molar-refractivity contribution >= 4 is 17.5 Å². The van der Waals surface area contributed by atoms with E-state index < -0.39 is 0 Å². The fraction of sp³-hybridized carbons (Fsp3) is 0.333. The summed E-state index contributed by atoms with van der Waals surface area (Å²) in [5.41, 5.74) is 3.93. The second-order valence-electron chi connectivity index (χ2n) is 7.62. The highest BCUT2D eigenvalue weighted by Gasteiger charge is 2.18. The highest BCUT2D eigenvalue weighted by molar-refractivity contribution is 5.95. The zero-order valence-electron chi connectivity index (χ0n) is 18.3. The molecule has 0 aliphatic carbocycles. The lowest BCUT2D eigenvalue weighted by Crippen LogP contribution is -3.08. The first-order valence-electron chi connectivity index (χ1n) is 10.0. The quantitative estimate of drug-likeness (QED) is 0.589. The van der Waals surface area contributed by atoms with Crippen LogP contribution in [0.25, 0.3) is 0 Å². The van der Waals surface area contributed by atoms with E-state index >= 15 is 0 Å². The lowest BCUT2D eigenvalue weighted by Gasteiger charge is -2.20. The molecule has 2 aromatic rings. The van der Waals surface area contributed by atoms with E-state index in [0.717, 1.165) is 33.0 Å². The third kappa shape index (κ3) is 7.04. The summed E-state index contributed by atoms with van der Waals surface area (Å²) < 4.78 is 5.48. The maximum absolute atomic E-state index is 12.5. The van der Waals surface area contributed by atoms with Gasteiger partial charge in [0.25, 0.3) is 5.91 Å². The van der Waals surface area contributed by atoms with Gasteiger partial charge in [0.2, 0.25) is 5.91 Å². The van der Waals surface area contributed by atoms with Crippen molar-refractivity contribution in [2.75, 3.05) is 39.1 Å². The van der Waals surface area contributed by atoms with Crippen LogP contribution in [0, 0.1) is 13.8 Å². The van der Waals surface area contributed by atoms with Gasteiger partial charge >= 0.3 is 0 Å². The Labute approximate surface area is 179 Å². The van der Waals surface area contributed by atoms with Crippen molar-refractivity contribution in [2.24, 2.45) is 0 Å². The number of nitrogens with zero attached hydrogens (tertiary/aromatic N) is 1. The van der Waals surface area contributed by atoms with Gasteiger partial charge in [-0.25, -0.2) is 0 Å². The van der Waals surface area contributed by atoms with Crippen molar-refractivity contribution in [3.8, 4) is 5.75 Å². The minimum Gasteiger partial charge on any atom is -0.490 e. The minimum atomic E-state index is -0.198. The van der Waals surface area contributed by atoms with Crippen LogP contribution in [-0.4, -0.2) is 50.5 Å². The number of anilines is 1. The van der Waals surface area contributed by atoms with Gasteiger partial charge in [-0.2, -0.15) is 0 Å². The molecule has 0 radical (unpaired) electrons. The molecule has 1 atom stereocenters. The molecule has 160 valence electrons. The first-order valence-corrected chi connectivity index (χ1v) is 10.0. The number of carbonyl (C=O) groups is 2. The van der Waals surface area contributed by atoms with Gasteiger partial charge in [0.05, 0.1) is 13.6 Å². The zero-order chi connectivity index (χ0) is 22.1. The summed E-state index contributed by atoms with van der Waals surface area (Å²) in [6.45, 7) is 9.05. The van der Waals surface area contributed by atoms with Crippen molar-refractivity contribution in [3.63, 3.8) is 0 Å². The highest BCUT2D eigenvalue weighted by Crippen LogP contribution is 2.19. The Hall–Kier alpha value is -3.12. The predicted molar refractivity (Wildman–Crippen MR) is 120 cm³/mol. The molecule has 2 aromatic carbocycles. The first-order chi connectivity index (χ1) is 14.3. The third-order valence-corrected chi connectivity index (χ3v) is 4.80. The van der Waals surface area contributed by atoms with Crippen molar-refractivity contribution in [2.45, 2.75) is 20.4 Å². The molecule has 0 bridgehead atoms. The fourth-order valence-corrected chi connectivity index (χ4v) is 3.16. The number of benzene rings is 2. The van der Waals surface area contributed by atoms with Crippen LogP contribution in [0.2, 0.25) is 0 Å². The van der Waals surface area contributed by atoms with E-state index in [2.05, 4.69) is 11.9 Å². The molecule has 0 aromatic heterocycles. The summed E-state index contributed by atoms with van der Waals surface area (Å²) in [7, 11) is 3.62. The number of para-hydroxylation sites is 1. The lowest BCUT2D eigenvalue weighted by molar-refractivity contribution is -0.885. The van der Waals surface area contributed by atoms with Crippen LogP contribution < -0.4 is 15.0 Å². The number of ether oxygens (including phenoxy) is 1. The van der Waals surface area contributed by atoms with Gasteiger partial charge in [-0.1, -0.05) is 30.9 Å². The van der Waals surface area contributed by atoms with Crippen molar-refractivity contribution < 1.29 is 19.2 Å². The second-order valence-corrected chi connectivity index (χ2v) is 7.62. The Bertz CT molecular complexity index is 858. The number of likely N-dealkylation sites (N-methyl/N-ethyl adjacent to an activating group) is 2. The normalized spacial score (nSPS) is 11.5. The Morgan fingerprint density at radius 1 is 1.13 bits per heavy atom. The van der Waals surface area contributed by atoms with E-state index in [9.17, 15) is 9.59 Å². The molecule has 2 amide bonds. The van der Waals surface area contributed by atoms with Crippen LogP contribution in [0.15, 0.2) is 55.1 Å². The summed E-state index contributed by atoms with van der Waals surface area (Å²) >= 11 is 0. The van der Waals surface area contributed by atoms with E-state index in [-0.39, 0.29) is 18.4 Å². The molecule has 0 saturated heterocycles. The molecule has 2 rings (SSSR count). The van der Waals surface area contributed by atoms with Gasteiger partial charge in [0, 0.05) is 18.3 Å². The molecule has 0 fully saturated rings. The number of quaternary nitrogens is 1. The Morgan fingerprint density at radius 2 is 1.77 bits per heavy atom. The van der Waals surface area contributed by atoms with Crippen molar-refractivity contribution in [1.82, 2.24) is 4.90 Å². The summed E-state index contributed by atoms with van der Waals surface area (Å²) in [6.07, 6.45) is 1.70. The molecule has 0 spiro atoms. The molecular formula is C24H32N3O3+. The van der Waals surface area contributed by atoms with Crippen molar-refractivity contribution in [1.29, 1.82) is 0 Å². The molecule has 0 saturated carbocycles. The number of rotatable bonds is 10. The number of hydrogen-bond acceptors (Lipinski definition) is 3. The van der Waals surface area contributed by atoms with Gasteiger partial charge in [0.1, 0.15) is 18.9 Å². The molecule has 0 heterocycles. The maximum atomic E-state index is 12.5. The number of amides is 2. The van der Waals surface area contributed by atoms with E-state index in [1.54, 1.807) is 13.1 Å². The first kappa shape index (κ1) is 23.2. The van der Waals surface area contributed by atoms with Crippen molar-refractivity contribution in [3.05, 3.63) is 71.8 Å². The molecule has 0 aliphatic rings. The van der Waals surface area contributed by atoms with E-state index in [1.807, 2.05) is 63.4 Å². The van der Waals surface area contributed by atoms with Crippen LogP contribution in [0.3, 0.4) is 0 Å². The zero-order valence-corrected chi connectivity index (χ0v) is 18.3. The van der Waals surface area contributed by atoms with Gasteiger partial charge in [0.15, 0.2) is 6.54 Å².